The van der Waals surface area contributed by atoms with Gasteiger partial charge in [0.05, 0.1) is 13.0 Å². The van der Waals surface area contributed by atoms with Crippen LogP contribution in [0, 0.1) is 0 Å². The first-order chi connectivity index (χ1) is 12.4. The van der Waals surface area contributed by atoms with Gasteiger partial charge in [-0.15, -0.1) is 0 Å². The molecule has 1 aromatic carbocycles. The second-order valence-corrected chi connectivity index (χ2v) is 6.44. The van der Waals surface area contributed by atoms with E-state index in [1.54, 1.807) is 29.2 Å². The molecule has 1 aromatic rings. The zero-order chi connectivity index (χ0) is 18.7. The average molecular weight is 356 g/mol. The number of carbonyl (C=O) groups excluding carboxylic acids is 4. The van der Waals surface area contributed by atoms with Crippen LogP contribution >= 0.6 is 0 Å². The molecule has 0 saturated carbocycles. The topological polar surface area (TPSA) is 108 Å². The number of piperidine rings is 1. The summed E-state index contributed by atoms with van der Waals surface area (Å²) in [6.07, 6.45) is 2.36. The van der Waals surface area contributed by atoms with Crippen LogP contribution < -0.4 is 16.0 Å². The highest BCUT2D eigenvalue weighted by molar-refractivity contribution is 6.07. The van der Waals surface area contributed by atoms with Crippen LogP contribution in [0.1, 0.15) is 18.4 Å². The Hall–Kier alpha value is -3.16. The van der Waals surface area contributed by atoms with Crippen LogP contribution in [0.25, 0.3) is 0 Å². The molecule has 0 aromatic heterocycles. The molecule has 8 heteroatoms. The molecule has 3 N–H and O–H groups in total. The number of nitrogens with zero attached hydrogens (tertiary/aromatic N) is 1. The van der Waals surface area contributed by atoms with Gasteiger partial charge in [0.1, 0.15) is 5.54 Å². The number of urea groups is 1. The maximum Gasteiger partial charge on any atom is 0.322 e. The second kappa shape index (κ2) is 6.99. The number of benzene rings is 1. The minimum Gasteiger partial charge on any atom is -0.340 e. The van der Waals surface area contributed by atoms with E-state index >= 15 is 0 Å². The second-order valence-electron chi connectivity index (χ2n) is 6.44. The fraction of sp³-hybridized carbons (Fsp3) is 0.333. The highest BCUT2D eigenvalue weighted by atomic mass is 16.2. The molecular formula is C18H20N4O4. The van der Waals surface area contributed by atoms with Gasteiger partial charge >= 0.3 is 6.03 Å². The molecule has 2 saturated heterocycles. The van der Waals surface area contributed by atoms with Crippen molar-refractivity contribution in [3.63, 3.8) is 0 Å². The minimum atomic E-state index is -1.04. The monoisotopic (exact) mass is 356 g/mol. The molecule has 3 rings (SSSR count). The van der Waals surface area contributed by atoms with Crippen molar-refractivity contribution in [3.8, 4) is 0 Å². The number of anilines is 1. The van der Waals surface area contributed by atoms with E-state index in [-0.39, 0.29) is 24.8 Å². The summed E-state index contributed by atoms with van der Waals surface area (Å²) in [5.74, 6) is -0.913. The molecule has 0 aliphatic carbocycles. The summed E-state index contributed by atoms with van der Waals surface area (Å²) in [6.45, 7) is 4.08. The first kappa shape index (κ1) is 17.7. The van der Waals surface area contributed by atoms with Gasteiger partial charge in [0.15, 0.2) is 0 Å². The van der Waals surface area contributed by atoms with Crippen molar-refractivity contribution < 1.29 is 19.2 Å². The Bertz CT molecular complexity index is 791. The Morgan fingerprint density at radius 2 is 2.08 bits per heavy atom. The van der Waals surface area contributed by atoms with Crippen molar-refractivity contribution in [1.29, 1.82) is 0 Å². The molecule has 26 heavy (non-hydrogen) atoms. The number of likely N-dealkylation sites (tertiary alicyclic amines) is 1. The molecule has 1 atom stereocenters. The van der Waals surface area contributed by atoms with Crippen molar-refractivity contribution in [2.75, 3.05) is 18.4 Å². The fourth-order valence-electron chi connectivity index (χ4n) is 3.34. The van der Waals surface area contributed by atoms with Crippen LogP contribution in [0.15, 0.2) is 36.9 Å². The van der Waals surface area contributed by atoms with E-state index in [9.17, 15) is 19.2 Å². The standard InChI is InChI=1S/C18H20N4O4/c1-2-14(23)19-13-7-4-3-6-12(13)10-15(24)22-9-5-8-18(11-22)16(25)20-17(26)21-18/h2-4,6-7H,1,5,8-11H2,(H,19,23)(H2,20,21,25,26). The number of para-hydroxylation sites is 1. The molecule has 2 aliphatic heterocycles. The predicted molar refractivity (Wildman–Crippen MR) is 94.2 cm³/mol. The number of hydrogen-bond acceptors (Lipinski definition) is 4. The lowest BCUT2D eigenvalue weighted by molar-refractivity contribution is -0.135. The summed E-state index contributed by atoms with van der Waals surface area (Å²) >= 11 is 0. The summed E-state index contributed by atoms with van der Waals surface area (Å²) in [5.41, 5.74) is 0.179. The molecule has 1 unspecified atom stereocenters. The van der Waals surface area contributed by atoms with Gasteiger partial charge in [-0.2, -0.15) is 0 Å². The Morgan fingerprint density at radius 1 is 1.31 bits per heavy atom. The summed E-state index contributed by atoms with van der Waals surface area (Å²) in [7, 11) is 0. The zero-order valence-corrected chi connectivity index (χ0v) is 14.2. The van der Waals surface area contributed by atoms with Crippen molar-refractivity contribution in [1.82, 2.24) is 15.5 Å². The van der Waals surface area contributed by atoms with Gasteiger partial charge in [-0.3, -0.25) is 19.7 Å². The summed E-state index contributed by atoms with van der Waals surface area (Å²) in [4.78, 5) is 49.5. The van der Waals surface area contributed by atoms with E-state index in [0.29, 0.717) is 30.6 Å². The maximum atomic E-state index is 12.8. The Labute approximate surface area is 150 Å². The van der Waals surface area contributed by atoms with Crippen LogP contribution in [0.3, 0.4) is 0 Å². The van der Waals surface area contributed by atoms with Crippen molar-refractivity contribution in [2.24, 2.45) is 0 Å². The molecule has 2 heterocycles. The molecule has 5 amide bonds. The highest BCUT2D eigenvalue weighted by Gasteiger charge is 2.49. The first-order valence-electron chi connectivity index (χ1n) is 8.36. The van der Waals surface area contributed by atoms with Gasteiger partial charge in [0, 0.05) is 12.2 Å². The molecule has 0 radical (unpaired) electrons. The number of hydrogen-bond donors (Lipinski definition) is 3. The average Bonchev–Trinajstić information content (AvgIpc) is 2.89. The molecule has 8 nitrogen and oxygen atoms in total. The number of carbonyl (C=O) groups is 4. The lowest BCUT2D eigenvalue weighted by Crippen LogP contribution is -2.59. The number of amides is 5. The highest BCUT2D eigenvalue weighted by Crippen LogP contribution is 2.25. The first-order valence-corrected chi connectivity index (χ1v) is 8.36. The third-order valence-electron chi connectivity index (χ3n) is 4.66. The normalized spacial score (nSPS) is 21.9. The number of rotatable bonds is 4. The van der Waals surface area contributed by atoms with Crippen molar-refractivity contribution in [2.45, 2.75) is 24.8 Å². The van der Waals surface area contributed by atoms with Crippen molar-refractivity contribution in [3.05, 3.63) is 42.5 Å². The zero-order valence-electron chi connectivity index (χ0n) is 14.2. The molecule has 136 valence electrons. The van der Waals surface area contributed by atoms with Crippen LogP contribution in [0.2, 0.25) is 0 Å². The largest absolute Gasteiger partial charge is 0.340 e. The lowest BCUT2D eigenvalue weighted by Gasteiger charge is -2.38. The van der Waals surface area contributed by atoms with Gasteiger partial charge in [0.2, 0.25) is 11.8 Å². The molecule has 2 fully saturated rings. The summed E-state index contributed by atoms with van der Waals surface area (Å²) < 4.78 is 0. The SMILES string of the molecule is C=CC(=O)Nc1ccccc1CC(=O)N1CCCC2(C1)NC(=O)NC2=O. The minimum absolute atomic E-state index is 0.0826. The fourth-order valence-corrected chi connectivity index (χ4v) is 3.34. The smallest absolute Gasteiger partial charge is 0.322 e. The Balaban J connectivity index is 1.72. The van der Waals surface area contributed by atoms with Gasteiger partial charge < -0.3 is 15.5 Å². The third kappa shape index (κ3) is 3.44. The maximum absolute atomic E-state index is 12.8. The molecule has 0 bridgehead atoms. The van der Waals surface area contributed by atoms with Crippen molar-refractivity contribution >= 4 is 29.4 Å². The van der Waals surface area contributed by atoms with Crippen LogP contribution in [0.4, 0.5) is 10.5 Å². The van der Waals surface area contributed by atoms with E-state index in [1.807, 2.05) is 0 Å². The summed E-state index contributed by atoms with van der Waals surface area (Å²) in [6, 6.07) is 6.50. The molecular weight excluding hydrogens is 336 g/mol. The Morgan fingerprint density at radius 3 is 2.77 bits per heavy atom. The number of imide groups is 1. The van der Waals surface area contributed by atoms with E-state index in [2.05, 4.69) is 22.5 Å². The van der Waals surface area contributed by atoms with Crippen LogP contribution in [-0.2, 0) is 20.8 Å². The quantitative estimate of drug-likeness (QED) is 0.541. The van der Waals surface area contributed by atoms with Gasteiger partial charge in [-0.05, 0) is 30.5 Å². The molecule has 2 aliphatic rings. The van der Waals surface area contributed by atoms with E-state index < -0.39 is 17.5 Å². The van der Waals surface area contributed by atoms with E-state index in [1.165, 1.54) is 0 Å². The van der Waals surface area contributed by atoms with E-state index in [4.69, 9.17) is 0 Å². The lowest BCUT2D eigenvalue weighted by atomic mass is 9.89. The van der Waals surface area contributed by atoms with Crippen LogP contribution in [0.5, 0.6) is 0 Å². The van der Waals surface area contributed by atoms with Gasteiger partial charge in [-0.1, -0.05) is 24.8 Å². The summed E-state index contributed by atoms with van der Waals surface area (Å²) in [5, 5.41) is 7.57. The van der Waals surface area contributed by atoms with Gasteiger partial charge in [-0.25, -0.2) is 4.79 Å². The molecule has 1 spiro atoms. The van der Waals surface area contributed by atoms with Crippen LogP contribution in [-0.4, -0.2) is 47.3 Å². The van der Waals surface area contributed by atoms with Gasteiger partial charge in [0.25, 0.3) is 5.91 Å². The Kier molecular flexibility index (Phi) is 4.75. The number of nitrogens with one attached hydrogen (secondary N) is 3. The predicted octanol–water partition coefficient (Wildman–Crippen LogP) is 0.554. The third-order valence-corrected chi connectivity index (χ3v) is 4.66. The van der Waals surface area contributed by atoms with E-state index in [0.717, 1.165) is 6.08 Å².